The quantitative estimate of drug-likeness (QED) is 0.270. The Kier molecular flexibility index (Phi) is 5.19. The number of hydrogen-bond acceptors (Lipinski definition) is 4. The summed E-state index contributed by atoms with van der Waals surface area (Å²) in [6.45, 7) is 1.71. The molecular weight excluding hydrogens is 447 g/mol. The van der Waals surface area contributed by atoms with Crippen molar-refractivity contribution in [3.05, 3.63) is 64.6 Å². The van der Waals surface area contributed by atoms with Crippen molar-refractivity contribution in [2.75, 3.05) is 10.6 Å². The summed E-state index contributed by atoms with van der Waals surface area (Å²) < 4.78 is 0. The fourth-order valence-electron chi connectivity index (χ4n) is 4.02. The number of para-hydroxylation sites is 1. The van der Waals surface area contributed by atoms with E-state index in [1.54, 1.807) is 13.0 Å². The maximum Gasteiger partial charge on any atom is 0.306 e. The molecule has 0 radical (unpaired) electrons. The Bertz CT molecular complexity index is 1350. The van der Waals surface area contributed by atoms with E-state index in [1.807, 2.05) is 48.5 Å². The Hall–Kier alpha value is -3.22. The van der Waals surface area contributed by atoms with Gasteiger partial charge in [0.2, 0.25) is 0 Å². The normalized spacial score (nSPS) is 15.8. The summed E-state index contributed by atoms with van der Waals surface area (Å²) in [6.07, 6.45) is 0.315. The molecule has 162 valence electrons. The average Bonchev–Trinajstić information content (AvgIpc) is 3.36. The molecule has 0 saturated carbocycles. The van der Waals surface area contributed by atoms with Gasteiger partial charge in [-0.05, 0) is 48.4 Å². The zero-order valence-corrected chi connectivity index (χ0v) is 18.6. The number of hydrogen-bond donors (Lipinski definition) is 4. The highest BCUT2D eigenvalue weighted by Gasteiger charge is 2.26. The molecule has 0 bridgehead atoms. The molecule has 3 aromatic carbocycles. The van der Waals surface area contributed by atoms with Gasteiger partial charge in [0.1, 0.15) is 5.82 Å². The maximum absolute atomic E-state index is 11.2. The average molecular weight is 467 g/mol. The number of imidazole rings is 1. The topological polar surface area (TPSA) is 90.0 Å². The number of fused-ring (bicyclic) bond motifs is 2. The van der Waals surface area contributed by atoms with Crippen LogP contribution in [0.4, 0.5) is 11.4 Å². The zero-order chi connectivity index (χ0) is 22.4. The molecule has 2 unspecified atom stereocenters. The van der Waals surface area contributed by atoms with E-state index >= 15 is 0 Å². The lowest BCUT2D eigenvalue weighted by Crippen LogP contribution is -2.27. The number of carboxylic acid groups (broad SMARTS) is 1. The van der Waals surface area contributed by atoms with Crippen LogP contribution in [-0.4, -0.2) is 27.2 Å². The van der Waals surface area contributed by atoms with Crippen LogP contribution in [0.5, 0.6) is 0 Å². The number of nitrogens with one attached hydrogen (secondary N) is 3. The van der Waals surface area contributed by atoms with Crippen molar-refractivity contribution in [1.82, 2.24) is 9.97 Å². The monoisotopic (exact) mass is 466 g/mol. The molecule has 0 spiro atoms. The lowest BCUT2D eigenvalue weighted by molar-refractivity contribution is -0.141. The number of carboxylic acids is 1. The van der Waals surface area contributed by atoms with Crippen LogP contribution in [0, 0.1) is 5.92 Å². The van der Waals surface area contributed by atoms with Crippen molar-refractivity contribution in [2.45, 2.75) is 19.5 Å². The number of aliphatic carboxylic acids is 1. The third kappa shape index (κ3) is 3.76. The van der Waals surface area contributed by atoms with Crippen molar-refractivity contribution in [3.8, 4) is 22.5 Å². The van der Waals surface area contributed by atoms with Crippen molar-refractivity contribution in [2.24, 2.45) is 5.92 Å². The number of nitrogens with zero attached hydrogens (tertiary/aromatic N) is 1. The number of H-pyrrole nitrogens is 1. The first kappa shape index (κ1) is 20.7. The zero-order valence-electron chi connectivity index (χ0n) is 17.1. The van der Waals surface area contributed by atoms with Gasteiger partial charge in [0, 0.05) is 21.2 Å². The van der Waals surface area contributed by atoms with Gasteiger partial charge >= 0.3 is 5.97 Å². The van der Waals surface area contributed by atoms with Crippen molar-refractivity contribution in [3.63, 3.8) is 0 Å². The second kappa shape index (κ2) is 8.04. The number of carbonyl (C=O) groups is 1. The molecule has 1 aliphatic rings. The van der Waals surface area contributed by atoms with Crippen LogP contribution in [0.1, 0.15) is 13.3 Å². The van der Waals surface area contributed by atoms with Crippen LogP contribution >= 0.6 is 23.2 Å². The summed E-state index contributed by atoms with van der Waals surface area (Å²) in [4.78, 5) is 19.4. The van der Waals surface area contributed by atoms with Crippen molar-refractivity contribution in [1.29, 1.82) is 0 Å². The highest BCUT2D eigenvalue weighted by Crippen LogP contribution is 2.39. The molecule has 4 N–H and O–H groups in total. The molecule has 5 rings (SSSR count). The maximum atomic E-state index is 11.2. The Balaban J connectivity index is 1.48. The second-order valence-corrected chi connectivity index (χ2v) is 8.83. The van der Waals surface area contributed by atoms with E-state index in [9.17, 15) is 9.90 Å². The SMILES string of the molecule is CC(CC1Nc2cccc(-c3nc4ccc(-c5ccc(Cl)cc5Cl)cc4[nH]3)c2N1)C(=O)O. The molecule has 0 aliphatic carbocycles. The third-order valence-electron chi connectivity index (χ3n) is 5.70. The van der Waals surface area contributed by atoms with Crippen LogP contribution in [0.3, 0.4) is 0 Å². The number of anilines is 2. The molecule has 32 heavy (non-hydrogen) atoms. The molecule has 0 fully saturated rings. The molecular formula is C24H20Cl2N4O2. The fourth-order valence-corrected chi connectivity index (χ4v) is 4.54. The van der Waals surface area contributed by atoms with E-state index in [-0.39, 0.29) is 6.17 Å². The predicted molar refractivity (Wildman–Crippen MR) is 129 cm³/mol. The van der Waals surface area contributed by atoms with E-state index < -0.39 is 11.9 Å². The van der Waals surface area contributed by atoms with Crippen LogP contribution in [0.15, 0.2) is 54.6 Å². The van der Waals surface area contributed by atoms with E-state index in [0.717, 1.165) is 44.9 Å². The van der Waals surface area contributed by atoms with Gasteiger partial charge in [0.05, 0.1) is 34.5 Å². The standard InChI is InChI=1S/C24H20Cl2N4O2/c1-12(24(31)32)9-21-27-19-4-2-3-16(22(19)30-21)23-28-18-8-5-13(10-20(18)29-23)15-7-6-14(25)11-17(15)26/h2-8,10-12,21,27,30H,9H2,1H3,(H,28,29)(H,31,32). The van der Waals surface area contributed by atoms with Crippen molar-refractivity contribution >= 4 is 51.6 Å². The Morgan fingerprint density at radius 1 is 1.09 bits per heavy atom. The highest BCUT2D eigenvalue weighted by molar-refractivity contribution is 6.36. The molecule has 6 nitrogen and oxygen atoms in total. The van der Waals surface area contributed by atoms with Gasteiger partial charge in [0.15, 0.2) is 0 Å². The number of benzene rings is 3. The Morgan fingerprint density at radius 3 is 2.72 bits per heavy atom. The molecule has 2 heterocycles. The molecule has 0 saturated heterocycles. The van der Waals surface area contributed by atoms with E-state index in [2.05, 4.69) is 15.6 Å². The van der Waals surface area contributed by atoms with Gasteiger partial charge in [-0.1, -0.05) is 48.3 Å². The minimum absolute atomic E-state index is 0.153. The van der Waals surface area contributed by atoms with Gasteiger partial charge in [-0.2, -0.15) is 0 Å². The van der Waals surface area contributed by atoms with Crippen LogP contribution in [0.2, 0.25) is 10.0 Å². The molecule has 0 amide bonds. The molecule has 1 aliphatic heterocycles. The first-order valence-electron chi connectivity index (χ1n) is 10.2. The summed E-state index contributed by atoms with van der Waals surface area (Å²) in [5, 5.41) is 17.2. The summed E-state index contributed by atoms with van der Waals surface area (Å²) in [7, 11) is 0. The van der Waals surface area contributed by atoms with E-state index in [4.69, 9.17) is 28.2 Å². The minimum atomic E-state index is -0.807. The van der Waals surface area contributed by atoms with Gasteiger partial charge in [-0.25, -0.2) is 4.98 Å². The highest BCUT2D eigenvalue weighted by atomic mass is 35.5. The van der Waals surface area contributed by atoms with Crippen molar-refractivity contribution < 1.29 is 9.90 Å². The minimum Gasteiger partial charge on any atom is -0.481 e. The lowest BCUT2D eigenvalue weighted by atomic mass is 10.1. The predicted octanol–water partition coefficient (Wildman–Crippen LogP) is 6.48. The second-order valence-electron chi connectivity index (χ2n) is 7.99. The third-order valence-corrected chi connectivity index (χ3v) is 6.25. The number of halogens is 2. The molecule has 8 heteroatoms. The van der Waals surface area contributed by atoms with Crippen LogP contribution < -0.4 is 10.6 Å². The lowest BCUT2D eigenvalue weighted by Gasteiger charge is -2.15. The summed E-state index contributed by atoms with van der Waals surface area (Å²) >= 11 is 12.4. The number of aromatic amines is 1. The summed E-state index contributed by atoms with van der Waals surface area (Å²) in [6, 6.07) is 17.3. The fraction of sp³-hybridized carbons (Fsp3) is 0.167. The van der Waals surface area contributed by atoms with Gasteiger partial charge < -0.3 is 20.7 Å². The summed E-state index contributed by atoms with van der Waals surface area (Å²) in [5.41, 5.74) is 6.36. The largest absolute Gasteiger partial charge is 0.481 e. The first-order valence-corrected chi connectivity index (χ1v) is 11.0. The smallest absolute Gasteiger partial charge is 0.306 e. The Morgan fingerprint density at radius 2 is 1.94 bits per heavy atom. The van der Waals surface area contributed by atoms with E-state index in [1.165, 1.54) is 0 Å². The van der Waals surface area contributed by atoms with Gasteiger partial charge in [0.25, 0.3) is 0 Å². The molecule has 1 aromatic heterocycles. The Labute approximate surface area is 194 Å². The van der Waals surface area contributed by atoms with Crippen LogP contribution in [-0.2, 0) is 4.79 Å². The molecule has 4 aromatic rings. The van der Waals surface area contributed by atoms with E-state index in [0.29, 0.717) is 16.5 Å². The van der Waals surface area contributed by atoms with Crippen LogP contribution in [0.25, 0.3) is 33.5 Å². The first-order chi connectivity index (χ1) is 15.4. The number of aromatic nitrogens is 2. The van der Waals surface area contributed by atoms with Gasteiger partial charge in [-0.15, -0.1) is 0 Å². The summed E-state index contributed by atoms with van der Waals surface area (Å²) in [5.74, 6) is -0.529. The van der Waals surface area contributed by atoms with Gasteiger partial charge in [-0.3, -0.25) is 4.79 Å². The molecule has 2 atom stereocenters. The number of rotatable bonds is 5.